The normalized spacial score (nSPS) is 17.4. The van der Waals surface area contributed by atoms with E-state index in [-0.39, 0.29) is 0 Å². The Bertz CT molecular complexity index is 349. The minimum atomic E-state index is 0.376. The van der Waals surface area contributed by atoms with Crippen LogP contribution >= 0.6 is 15.9 Å². The SMILES string of the molecule is Cc1cc(OC2CCNCC2)cc(C)c1Br. The molecular weight excluding hydrogens is 266 g/mol. The molecule has 3 heteroatoms. The van der Waals surface area contributed by atoms with E-state index in [1.54, 1.807) is 0 Å². The standard InChI is InChI=1S/C13H18BrNO/c1-9-7-12(8-10(2)13(9)14)16-11-3-5-15-6-4-11/h7-8,11,15H,3-6H2,1-2H3. The van der Waals surface area contributed by atoms with E-state index in [4.69, 9.17) is 4.74 Å². The molecule has 16 heavy (non-hydrogen) atoms. The van der Waals surface area contributed by atoms with Crippen molar-refractivity contribution in [1.82, 2.24) is 5.32 Å². The minimum Gasteiger partial charge on any atom is -0.490 e. The van der Waals surface area contributed by atoms with Crippen molar-refractivity contribution in [2.45, 2.75) is 32.8 Å². The Morgan fingerprint density at radius 3 is 2.31 bits per heavy atom. The predicted molar refractivity (Wildman–Crippen MR) is 70.1 cm³/mol. The lowest BCUT2D eigenvalue weighted by Crippen LogP contribution is -2.34. The topological polar surface area (TPSA) is 21.3 Å². The Morgan fingerprint density at radius 2 is 1.75 bits per heavy atom. The zero-order chi connectivity index (χ0) is 11.5. The third kappa shape index (κ3) is 2.77. The fourth-order valence-electron chi connectivity index (χ4n) is 2.08. The summed E-state index contributed by atoms with van der Waals surface area (Å²) in [7, 11) is 0. The molecule has 88 valence electrons. The molecule has 0 aromatic heterocycles. The Balaban J connectivity index is 2.09. The van der Waals surface area contributed by atoms with Gasteiger partial charge >= 0.3 is 0 Å². The predicted octanol–water partition coefficient (Wildman–Crippen LogP) is 3.20. The first-order valence-electron chi connectivity index (χ1n) is 5.81. The van der Waals surface area contributed by atoms with Crippen LogP contribution in [-0.4, -0.2) is 19.2 Å². The highest BCUT2D eigenvalue weighted by Crippen LogP contribution is 2.27. The van der Waals surface area contributed by atoms with E-state index in [1.165, 1.54) is 15.6 Å². The van der Waals surface area contributed by atoms with Crippen LogP contribution < -0.4 is 10.1 Å². The highest BCUT2D eigenvalue weighted by Gasteiger charge is 2.15. The second-order valence-electron chi connectivity index (χ2n) is 4.44. The van der Waals surface area contributed by atoms with Crippen molar-refractivity contribution in [3.05, 3.63) is 27.7 Å². The van der Waals surface area contributed by atoms with Gasteiger partial charge in [-0.3, -0.25) is 0 Å². The first kappa shape index (κ1) is 11.9. The first-order valence-corrected chi connectivity index (χ1v) is 6.60. The van der Waals surface area contributed by atoms with Crippen LogP contribution in [0.4, 0.5) is 0 Å². The fourth-order valence-corrected chi connectivity index (χ4v) is 2.31. The number of ether oxygens (including phenoxy) is 1. The number of halogens is 1. The van der Waals surface area contributed by atoms with Gasteiger partial charge in [0.15, 0.2) is 0 Å². The Morgan fingerprint density at radius 1 is 1.19 bits per heavy atom. The number of piperidine rings is 1. The first-order chi connectivity index (χ1) is 7.66. The molecule has 0 radical (unpaired) electrons. The van der Waals surface area contributed by atoms with Crippen LogP contribution in [0.5, 0.6) is 5.75 Å². The molecule has 1 aromatic carbocycles. The Labute approximate surface area is 106 Å². The molecule has 1 saturated heterocycles. The highest BCUT2D eigenvalue weighted by molar-refractivity contribution is 9.10. The monoisotopic (exact) mass is 283 g/mol. The van der Waals surface area contributed by atoms with E-state index in [1.807, 2.05) is 0 Å². The van der Waals surface area contributed by atoms with Crippen LogP contribution in [0.15, 0.2) is 16.6 Å². The summed E-state index contributed by atoms with van der Waals surface area (Å²) in [5.41, 5.74) is 2.48. The smallest absolute Gasteiger partial charge is 0.120 e. The number of rotatable bonds is 2. The number of aryl methyl sites for hydroxylation is 2. The van der Waals surface area contributed by atoms with Gasteiger partial charge in [0.1, 0.15) is 11.9 Å². The molecule has 1 aromatic rings. The summed E-state index contributed by atoms with van der Waals surface area (Å²) in [5.74, 6) is 1.00. The van der Waals surface area contributed by atoms with Crippen molar-refractivity contribution < 1.29 is 4.74 Å². The van der Waals surface area contributed by atoms with Crippen LogP contribution in [0.2, 0.25) is 0 Å². The molecule has 2 rings (SSSR count). The molecule has 1 fully saturated rings. The van der Waals surface area contributed by atoms with Gasteiger partial charge in [0.05, 0.1) is 0 Å². The lowest BCUT2D eigenvalue weighted by molar-refractivity contribution is 0.162. The van der Waals surface area contributed by atoms with E-state index in [0.29, 0.717) is 6.10 Å². The van der Waals surface area contributed by atoms with E-state index >= 15 is 0 Å². The van der Waals surface area contributed by atoms with E-state index in [2.05, 4.69) is 47.2 Å². The van der Waals surface area contributed by atoms with Gasteiger partial charge in [0.2, 0.25) is 0 Å². The molecule has 0 spiro atoms. The van der Waals surface area contributed by atoms with Gasteiger partial charge in [-0.15, -0.1) is 0 Å². The molecule has 0 saturated carbocycles. The Kier molecular flexibility index (Phi) is 3.87. The maximum atomic E-state index is 6.01. The largest absolute Gasteiger partial charge is 0.490 e. The third-order valence-corrected chi connectivity index (χ3v) is 4.25. The van der Waals surface area contributed by atoms with Crippen molar-refractivity contribution in [2.24, 2.45) is 0 Å². The molecule has 0 unspecified atom stereocenters. The average molecular weight is 284 g/mol. The van der Waals surface area contributed by atoms with E-state index in [0.717, 1.165) is 31.7 Å². The highest BCUT2D eigenvalue weighted by atomic mass is 79.9. The van der Waals surface area contributed by atoms with Crippen LogP contribution in [0.1, 0.15) is 24.0 Å². The molecule has 0 atom stereocenters. The molecule has 1 aliphatic rings. The van der Waals surface area contributed by atoms with Gasteiger partial charge in [0, 0.05) is 4.47 Å². The van der Waals surface area contributed by atoms with Gasteiger partial charge < -0.3 is 10.1 Å². The molecule has 2 nitrogen and oxygen atoms in total. The van der Waals surface area contributed by atoms with Crippen LogP contribution in [0, 0.1) is 13.8 Å². The van der Waals surface area contributed by atoms with Crippen molar-refractivity contribution in [1.29, 1.82) is 0 Å². The van der Waals surface area contributed by atoms with Crippen molar-refractivity contribution >= 4 is 15.9 Å². The summed E-state index contributed by atoms with van der Waals surface area (Å²) >= 11 is 3.57. The van der Waals surface area contributed by atoms with Gasteiger partial charge in [-0.1, -0.05) is 15.9 Å². The second kappa shape index (κ2) is 5.19. The molecule has 1 aliphatic heterocycles. The molecule has 0 amide bonds. The zero-order valence-electron chi connectivity index (χ0n) is 9.85. The number of hydrogen-bond acceptors (Lipinski definition) is 2. The molecule has 0 bridgehead atoms. The summed E-state index contributed by atoms with van der Waals surface area (Å²) in [6.07, 6.45) is 2.59. The lowest BCUT2D eigenvalue weighted by atomic mass is 10.1. The van der Waals surface area contributed by atoms with Crippen molar-refractivity contribution in [2.75, 3.05) is 13.1 Å². The van der Waals surface area contributed by atoms with Gasteiger partial charge in [-0.2, -0.15) is 0 Å². The van der Waals surface area contributed by atoms with Gasteiger partial charge in [-0.25, -0.2) is 0 Å². The maximum absolute atomic E-state index is 6.01. The summed E-state index contributed by atoms with van der Waals surface area (Å²) < 4.78 is 7.20. The van der Waals surface area contributed by atoms with Crippen molar-refractivity contribution in [3.8, 4) is 5.75 Å². The van der Waals surface area contributed by atoms with Gasteiger partial charge in [-0.05, 0) is 63.0 Å². The molecule has 1 N–H and O–H groups in total. The summed E-state index contributed by atoms with van der Waals surface area (Å²) in [5, 5.41) is 3.34. The lowest BCUT2D eigenvalue weighted by Gasteiger charge is -2.24. The van der Waals surface area contributed by atoms with Crippen LogP contribution in [0.3, 0.4) is 0 Å². The summed E-state index contributed by atoms with van der Waals surface area (Å²) in [6, 6.07) is 4.22. The molecule has 0 aliphatic carbocycles. The third-order valence-electron chi connectivity index (χ3n) is 3.00. The Hall–Kier alpha value is -0.540. The summed E-state index contributed by atoms with van der Waals surface area (Å²) in [4.78, 5) is 0. The maximum Gasteiger partial charge on any atom is 0.120 e. The fraction of sp³-hybridized carbons (Fsp3) is 0.538. The zero-order valence-corrected chi connectivity index (χ0v) is 11.4. The number of hydrogen-bond donors (Lipinski definition) is 1. The molecular formula is C13H18BrNO. The second-order valence-corrected chi connectivity index (χ2v) is 5.23. The van der Waals surface area contributed by atoms with Crippen LogP contribution in [0.25, 0.3) is 0 Å². The van der Waals surface area contributed by atoms with Crippen LogP contribution in [-0.2, 0) is 0 Å². The van der Waals surface area contributed by atoms with Gasteiger partial charge in [0.25, 0.3) is 0 Å². The van der Waals surface area contributed by atoms with E-state index < -0.39 is 0 Å². The quantitative estimate of drug-likeness (QED) is 0.900. The average Bonchev–Trinajstić information content (AvgIpc) is 2.27. The number of nitrogens with one attached hydrogen (secondary N) is 1. The molecule has 1 heterocycles. The minimum absolute atomic E-state index is 0.376. The summed E-state index contributed by atoms with van der Waals surface area (Å²) in [6.45, 7) is 6.34. The van der Waals surface area contributed by atoms with E-state index in [9.17, 15) is 0 Å². The van der Waals surface area contributed by atoms with Crippen molar-refractivity contribution in [3.63, 3.8) is 0 Å². The number of benzene rings is 1.